The minimum atomic E-state index is -1.02. The van der Waals surface area contributed by atoms with Gasteiger partial charge in [0.15, 0.2) is 5.82 Å². The fraction of sp³-hybridized carbons (Fsp3) is 0.520. The highest BCUT2D eigenvalue weighted by molar-refractivity contribution is 5.99. The molecule has 2 aromatic rings. The monoisotopic (exact) mass is 467 g/mol. The maximum atomic E-state index is 13.3. The Balaban J connectivity index is 1.74. The summed E-state index contributed by atoms with van der Waals surface area (Å²) < 4.78 is 5.39. The van der Waals surface area contributed by atoms with Crippen molar-refractivity contribution in [2.45, 2.75) is 58.4 Å². The van der Waals surface area contributed by atoms with Crippen molar-refractivity contribution in [3.05, 3.63) is 30.0 Å². The van der Waals surface area contributed by atoms with Gasteiger partial charge in [-0.2, -0.15) is 4.98 Å². The molecule has 9 nitrogen and oxygen atoms in total. The average molecular weight is 468 g/mol. The Kier molecular flexibility index (Phi) is 7.19. The first-order valence-electron chi connectivity index (χ1n) is 12.1. The molecule has 4 rings (SSSR count). The van der Waals surface area contributed by atoms with Crippen molar-refractivity contribution in [1.29, 1.82) is 0 Å². The van der Waals surface area contributed by atoms with E-state index in [0.29, 0.717) is 36.5 Å². The van der Waals surface area contributed by atoms with Crippen molar-refractivity contribution in [2.75, 3.05) is 35.3 Å². The molecule has 0 spiro atoms. The number of methoxy groups -OCH3 is 1. The topological polar surface area (TPSA) is 108 Å². The Morgan fingerprint density at radius 2 is 2.00 bits per heavy atom. The van der Waals surface area contributed by atoms with Crippen LogP contribution in [-0.4, -0.2) is 53.2 Å². The molecule has 2 aliphatic rings. The molecule has 34 heavy (non-hydrogen) atoms. The molecule has 1 aromatic heterocycles. The van der Waals surface area contributed by atoms with E-state index in [0.717, 1.165) is 30.8 Å². The summed E-state index contributed by atoms with van der Waals surface area (Å²) in [6.45, 7) is 5.25. The molecule has 1 fully saturated rings. The van der Waals surface area contributed by atoms with Crippen LogP contribution in [0, 0.1) is 5.92 Å². The lowest BCUT2D eigenvalue weighted by Gasteiger charge is -2.36. The number of carboxylic acids is 1. The number of aromatic nitrogens is 2. The summed E-state index contributed by atoms with van der Waals surface area (Å²) in [5.41, 5.74) is 1.45. The summed E-state index contributed by atoms with van der Waals surface area (Å²) in [4.78, 5) is 38.2. The van der Waals surface area contributed by atoms with Crippen LogP contribution < -0.4 is 19.9 Å². The number of rotatable bonds is 7. The minimum absolute atomic E-state index is 0.0869. The first-order valence-corrected chi connectivity index (χ1v) is 12.1. The maximum Gasteiger partial charge on any atom is 0.335 e. The third kappa shape index (κ3) is 4.64. The molecule has 0 saturated heterocycles. The second-order valence-electron chi connectivity index (χ2n) is 8.88. The molecular formula is C25H33N5O4. The number of nitrogens with one attached hydrogen (secondary N) is 1. The molecule has 182 valence electrons. The Morgan fingerprint density at radius 1 is 1.24 bits per heavy atom. The number of benzene rings is 1. The number of anilines is 4. The van der Waals surface area contributed by atoms with Crippen molar-refractivity contribution in [3.63, 3.8) is 0 Å². The lowest BCUT2D eigenvalue weighted by Crippen LogP contribution is -2.42. The lowest BCUT2D eigenvalue weighted by atomic mass is 9.93. The van der Waals surface area contributed by atoms with Gasteiger partial charge in [0.05, 0.1) is 30.5 Å². The van der Waals surface area contributed by atoms with Crippen molar-refractivity contribution in [3.8, 4) is 5.75 Å². The van der Waals surface area contributed by atoms with Crippen LogP contribution in [0.1, 0.15) is 62.7 Å². The van der Waals surface area contributed by atoms with Gasteiger partial charge in [-0.1, -0.05) is 26.2 Å². The smallest absolute Gasteiger partial charge is 0.335 e. The van der Waals surface area contributed by atoms with Crippen LogP contribution >= 0.6 is 0 Å². The summed E-state index contributed by atoms with van der Waals surface area (Å²) in [5.74, 6) is 0.551. The Hall–Kier alpha value is -3.36. The van der Waals surface area contributed by atoms with Gasteiger partial charge >= 0.3 is 5.97 Å². The normalized spacial score (nSPS) is 18.9. The van der Waals surface area contributed by atoms with Crippen LogP contribution in [0.2, 0.25) is 0 Å². The number of carbonyl (C=O) groups is 2. The van der Waals surface area contributed by atoms with E-state index in [9.17, 15) is 14.7 Å². The number of carbonyl (C=O) groups excluding carboxylic acids is 1. The van der Waals surface area contributed by atoms with E-state index in [-0.39, 0.29) is 17.4 Å². The summed E-state index contributed by atoms with van der Waals surface area (Å²) in [7, 11) is 1.49. The zero-order chi connectivity index (χ0) is 24.2. The Morgan fingerprint density at radius 3 is 2.65 bits per heavy atom. The molecular weight excluding hydrogens is 434 g/mol. The molecule has 1 aliphatic heterocycles. The second-order valence-corrected chi connectivity index (χ2v) is 8.88. The largest absolute Gasteiger partial charge is 0.495 e. The number of ether oxygens (including phenoxy) is 1. The predicted molar refractivity (Wildman–Crippen MR) is 131 cm³/mol. The highest BCUT2D eigenvalue weighted by atomic mass is 16.5. The van der Waals surface area contributed by atoms with Crippen LogP contribution in [-0.2, 0) is 4.79 Å². The molecule has 1 aromatic carbocycles. The minimum Gasteiger partial charge on any atom is -0.495 e. The standard InChI is InChI=1S/C25H33N5O4/c1-4-16-15-30(18-9-7-6-8-10-18)22-20(29(5-2)23(16)31)14-26-25(28-22)27-19-12-11-17(24(32)33)13-21(19)34-3/h11-14,16,18H,4-10,15H2,1-3H3,(H,32,33)(H,26,27,28). The van der Waals surface area contributed by atoms with Crippen molar-refractivity contribution in [1.82, 2.24) is 9.97 Å². The molecule has 1 amide bonds. The highest BCUT2D eigenvalue weighted by Gasteiger charge is 2.36. The Labute approximate surface area is 200 Å². The Bertz CT molecular complexity index is 1050. The zero-order valence-corrected chi connectivity index (χ0v) is 20.1. The molecule has 2 N–H and O–H groups in total. The van der Waals surface area contributed by atoms with Gasteiger partial charge in [0.2, 0.25) is 11.9 Å². The van der Waals surface area contributed by atoms with E-state index >= 15 is 0 Å². The van der Waals surface area contributed by atoms with E-state index < -0.39 is 5.97 Å². The van der Waals surface area contributed by atoms with Crippen molar-refractivity contribution in [2.24, 2.45) is 5.92 Å². The molecule has 0 radical (unpaired) electrons. The van der Waals surface area contributed by atoms with E-state index in [1.165, 1.54) is 38.5 Å². The summed E-state index contributed by atoms with van der Waals surface area (Å²) in [6, 6.07) is 4.96. The first kappa shape index (κ1) is 23.8. The van der Waals surface area contributed by atoms with E-state index in [1.54, 1.807) is 17.2 Å². The zero-order valence-electron chi connectivity index (χ0n) is 20.1. The fourth-order valence-corrected chi connectivity index (χ4v) is 4.96. The number of amides is 1. The van der Waals surface area contributed by atoms with Gasteiger partial charge < -0.3 is 25.0 Å². The first-order chi connectivity index (χ1) is 16.5. The van der Waals surface area contributed by atoms with Gasteiger partial charge in [-0.3, -0.25) is 4.79 Å². The van der Waals surface area contributed by atoms with Crippen LogP contribution in [0.4, 0.5) is 23.1 Å². The quantitative estimate of drug-likeness (QED) is 0.615. The molecule has 1 aliphatic carbocycles. The number of nitrogens with zero attached hydrogens (tertiary/aromatic N) is 4. The number of hydrogen-bond donors (Lipinski definition) is 2. The summed E-state index contributed by atoms with van der Waals surface area (Å²) >= 11 is 0. The van der Waals surface area contributed by atoms with Crippen molar-refractivity contribution >= 4 is 35.0 Å². The van der Waals surface area contributed by atoms with E-state index in [4.69, 9.17) is 9.72 Å². The molecule has 2 heterocycles. The van der Waals surface area contributed by atoms with Crippen LogP contribution in [0.15, 0.2) is 24.4 Å². The van der Waals surface area contributed by atoms with Crippen LogP contribution in [0.25, 0.3) is 0 Å². The molecule has 1 atom stereocenters. The summed E-state index contributed by atoms with van der Waals surface area (Å²) in [6.07, 6.45) is 8.29. The lowest BCUT2D eigenvalue weighted by molar-refractivity contribution is -0.122. The number of carboxylic acid groups (broad SMARTS) is 1. The molecule has 0 bridgehead atoms. The highest BCUT2D eigenvalue weighted by Crippen LogP contribution is 2.38. The van der Waals surface area contributed by atoms with E-state index in [2.05, 4.69) is 22.1 Å². The van der Waals surface area contributed by atoms with Gasteiger partial charge in [-0.15, -0.1) is 0 Å². The molecule has 1 unspecified atom stereocenters. The third-order valence-corrected chi connectivity index (χ3v) is 6.86. The predicted octanol–water partition coefficient (Wildman–Crippen LogP) is 4.46. The van der Waals surface area contributed by atoms with Gasteiger partial charge in [-0.05, 0) is 44.4 Å². The number of fused-ring (bicyclic) bond motifs is 1. The van der Waals surface area contributed by atoms with Gasteiger partial charge in [0.1, 0.15) is 11.4 Å². The van der Waals surface area contributed by atoms with Crippen molar-refractivity contribution < 1.29 is 19.4 Å². The second kappa shape index (κ2) is 10.3. The molecule has 9 heteroatoms. The summed E-state index contributed by atoms with van der Waals surface area (Å²) in [5, 5.41) is 12.5. The van der Waals surface area contributed by atoms with Gasteiger partial charge in [-0.25, -0.2) is 9.78 Å². The average Bonchev–Trinajstić information content (AvgIpc) is 2.98. The third-order valence-electron chi connectivity index (χ3n) is 6.86. The van der Waals surface area contributed by atoms with Gasteiger partial charge in [0.25, 0.3) is 0 Å². The maximum absolute atomic E-state index is 13.3. The SMILES string of the molecule is CCC1CN(C2CCCCC2)c2nc(Nc3ccc(C(=O)O)cc3OC)ncc2N(CC)C1=O. The number of hydrogen-bond acceptors (Lipinski definition) is 7. The number of aromatic carboxylic acids is 1. The molecule has 1 saturated carbocycles. The fourth-order valence-electron chi connectivity index (χ4n) is 4.96. The van der Waals surface area contributed by atoms with E-state index in [1.807, 2.05) is 6.92 Å². The van der Waals surface area contributed by atoms with Gasteiger partial charge in [0, 0.05) is 19.1 Å². The van der Waals surface area contributed by atoms with Crippen LogP contribution in [0.5, 0.6) is 5.75 Å². The van der Waals surface area contributed by atoms with Crippen LogP contribution in [0.3, 0.4) is 0 Å².